The average Bonchev–Trinajstić information content (AvgIpc) is 2.93. The molecule has 0 aromatic heterocycles. The second-order valence-corrected chi connectivity index (χ2v) is 5.09. The lowest BCUT2D eigenvalue weighted by molar-refractivity contribution is -0.132. The lowest BCUT2D eigenvalue weighted by Gasteiger charge is -2.22. The molecular weight excluding hydrogens is 216 g/mol. The van der Waals surface area contributed by atoms with Crippen LogP contribution in [0, 0.1) is 5.41 Å². The van der Waals surface area contributed by atoms with Gasteiger partial charge in [-0.2, -0.15) is 11.8 Å². The van der Waals surface area contributed by atoms with Crippen molar-refractivity contribution in [3.05, 3.63) is 0 Å². The molecule has 1 amide bonds. The largest absolute Gasteiger partial charge is 0.392 e. The fourth-order valence-electron chi connectivity index (χ4n) is 1.39. The van der Waals surface area contributed by atoms with Crippen molar-refractivity contribution in [3.8, 4) is 0 Å². The molecule has 1 aliphatic carbocycles. The molecule has 0 aromatic rings. The summed E-state index contributed by atoms with van der Waals surface area (Å²) in [5, 5.41) is 0. The Morgan fingerprint density at radius 2 is 2.21 bits per heavy atom. The van der Waals surface area contributed by atoms with E-state index in [1.807, 2.05) is 13.3 Å². The zero-order valence-corrected chi connectivity index (χ0v) is 10.2. The van der Waals surface area contributed by atoms with E-state index in [-0.39, 0.29) is 5.91 Å². The Labute approximate surface area is 94.4 Å². The maximum Gasteiger partial charge on any atom is 0.235 e. The molecule has 1 aliphatic rings. The summed E-state index contributed by atoms with van der Waals surface area (Å²) in [4.78, 5) is 14.0. The number of thioether (sulfide) groups is 1. The number of carbonyl (C=O) groups excluding carboxylic acids is 1. The van der Waals surface area contributed by atoms with Gasteiger partial charge in [0.05, 0.1) is 10.4 Å². The molecule has 0 atom stereocenters. The predicted octanol–water partition coefficient (Wildman–Crippen LogP) is 0.874. The minimum Gasteiger partial charge on any atom is -0.392 e. The molecule has 3 nitrogen and oxygen atoms in total. The molecule has 0 aromatic carbocycles. The van der Waals surface area contributed by atoms with Gasteiger partial charge in [-0.25, -0.2) is 0 Å². The summed E-state index contributed by atoms with van der Waals surface area (Å²) in [6.07, 6.45) is 3.67. The molecule has 1 saturated carbocycles. The highest BCUT2D eigenvalue weighted by Gasteiger charge is 2.53. The molecule has 80 valence electrons. The number of carbonyl (C=O) groups is 1. The van der Waals surface area contributed by atoms with E-state index >= 15 is 0 Å². The maximum absolute atomic E-state index is 11.9. The zero-order chi connectivity index (χ0) is 10.8. The topological polar surface area (TPSA) is 46.3 Å². The third-order valence-electron chi connectivity index (χ3n) is 2.61. The van der Waals surface area contributed by atoms with Gasteiger partial charge in [-0.15, -0.1) is 0 Å². The third kappa shape index (κ3) is 2.20. The van der Waals surface area contributed by atoms with Gasteiger partial charge in [0.1, 0.15) is 0 Å². The van der Waals surface area contributed by atoms with Crippen LogP contribution in [0.25, 0.3) is 0 Å². The molecule has 0 bridgehead atoms. The quantitative estimate of drug-likeness (QED) is 0.715. The summed E-state index contributed by atoms with van der Waals surface area (Å²) < 4.78 is 0. The van der Waals surface area contributed by atoms with Crippen LogP contribution in [0.1, 0.15) is 12.8 Å². The van der Waals surface area contributed by atoms with Crippen molar-refractivity contribution in [1.82, 2.24) is 4.90 Å². The van der Waals surface area contributed by atoms with Crippen molar-refractivity contribution in [2.45, 2.75) is 12.8 Å². The van der Waals surface area contributed by atoms with Gasteiger partial charge in [-0.3, -0.25) is 4.79 Å². The van der Waals surface area contributed by atoms with Gasteiger partial charge >= 0.3 is 0 Å². The van der Waals surface area contributed by atoms with Crippen molar-refractivity contribution in [3.63, 3.8) is 0 Å². The molecule has 5 heteroatoms. The van der Waals surface area contributed by atoms with E-state index in [9.17, 15) is 4.79 Å². The second kappa shape index (κ2) is 4.49. The minimum absolute atomic E-state index is 0.0963. The fourth-order valence-corrected chi connectivity index (χ4v) is 2.13. The lowest BCUT2D eigenvalue weighted by Crippen LogP contribution is -2.41. The van der Waals surface area contributed by atoms with Crippen LogP contribution in [0.3, 0.4) is 0 Å². The van der Waals surface area contributed by atoms with E-state index in [0.29, 0.717) is 4.99 Å². The summed E-state index contributed by atoms with van der Waals surface area (Å²) in [7, 11) is 1.82. The molecule has 1 rings (SSSR count). The first-order chi connectivity index (χ1) is 6.54. The molecule has 0 aliphatic heterocycles. The Bertz CT molecular complexity index is 251. The van der Waals surface area contributed by atoms with Gasteiger partial charge in [0.2, 0.25) is 5.91 Å². The van der Waals surface area contributed by atoms with E-state index in [2.05, 4.69) is 0 Å². The number of hydrogen-bond donors (Lipinski definition) is 1. The van der Waals surface area contributed by atoms with Gasteiger partial charge in [-0.1, -0.05) is 12.2 Å². The highest BCUT2D eigenvalue weighted by Crippen LogP contribution is 2.47. The van der Waals surface area contributed by atoms with Crippen LogP contribution in [0.4, 0.5) is 0 Å². The maximum atomic E-state index is 11.9. The Balaban J connectivity index is 2.52. The van der Waals surface area contributed by atoms with Crippen molar-refractivity contribution >= 4 is 34.9 Å². The number of rotatable bonds is 5. The predicted molar refractivity (Wildman–Crippen MR) is 64.5 cm³/mol. The summed E-state index contributed by atoms with van der Waals surface area (Å²) in [5.41, 5.74) is 5.10. The van der Waals surface area contributed by atoms with Crippen LogP contribution < -0.4 is 5.73 Å². The van der Waals surface area contributed by atoms with Gasteiger partial charge in [0, 0.05) is 19.3 Å². The summed E-state index contributed by atoms with van der Waals surface area (Å²) in [5.74, 6) is 1.05. The van der Waals surface area contributed by atoms with Crippen molar-refractivity contribution in [2.24, 2.45) is 11.1 Å². The van der Waals surface area contributed by atoms with Gasteiger partial charge in [-0.05, 0) is 19.1 Å². The van der Waals surface area contributed by atoms with Gasteiger partial charge < -0.3 is 10.6 Å². The normalized spacial score (nSPS) is 17.6. The Morgan fingerprint density at radius 1 is 1.64 bits per heavy atom. The average molecular weight is 232 g/mol. The highest BCUT2D eigenvalue weighted by molar-refractivity contribution is 7.98. The van der Waals surface area contributed by atoms with Crippen LogP contribution in [-0.2, 0) is 4.79 Å². The Hall–Kier alpha value is -0.290. The van der Waals surface area contributed by atoms with E-state index in [0.717, 1.165) is 25.1 Å². The van der Waals surface area contributed by atoms with Crippen LogP contribution in [0.2, 0.25) is 0 Å². The fraction of sp³-hybridized carbons (Fsp3) is 0.778. The van der Waals surface area contributed by atoms with E-state index < -0.39 is 5.41 Å². The lowest BCUT2D eigenvalue weighted by atomic mass is 10.1. The SMILES string of the molecule is CSCCN(C)C(=O)C1(C(N)=S)CC1. The summed E-state index contributed by atoms with van der Waals surface area (Å²) >= 11 is 6.66. The standard InChI is InChI=1S/C9H16N2OS2/c1-11(5-6-14-2)8(12)9(3-4-9)7(10)13/h3-6H2,1-2H3,(H2,10,13). The highest BCUT2D eigenvalue weighted by atomic mass is 32.2. The molecule has 0 saturated heterocycles. The van der Waals surface area contributed by atoms with Crippen LogP contribution >= 0.6 is 24.0 Å². The smallest absolute Gasteiger partial charge is 0.235 e. The zero-order valence-electron chi connectivity index (χ0n) is 8.58. The first-order valence-electron chi connectivity index (χ1n) is 4.59. The molecule has 1 fully saturated rings. The number of amides is 1. The van der Waals surface area contributed by atoms with E-state index in [1.54, 1.807) is 16.7 Å². The third-order valence-corrected chi connectivity index (χ3v) is 3.59. The Morgan fingerprint density at radius 3 is 2.57 bits per heavy atom. The summed E-state index contributed by atoms with van der Waals surface area (Å²) in [6, 6.07) is 0. The van der Waals surface area contributed by atoms with Crippen molar-refractivity contribution in [1.29, 1.82) is 0 Å². The first-order valence-corrected chi connectivity index (χ1v) is 6.39. The monoisotopic (exact) mass is 232 g/mol. The van der Waals surface area contributed by atoms with E-state index in [1.165, 1.54) is 0 Å². The van der Waals surface area contributed by atoms with Crippen molar-refractivity contribution in [2.75, 3.05) is 25.6 Å². The number of nitrogens with two attached hydrogens (primary N) is 1. The molecule has 0 spiro atoms. The van der Waals surface area contributed by atoms with Crippen LogP contribution in [0.5, 0.6) is 0 Å². The molecular formula is C9H16N2OS2. The minimum atomic E-state index is -0.484. The number of thiocarbonyl (C=S) groups is 1. The van der Waals surface area contributed by atoms with Gasteiger partial charge in [0.25, 0.3) is 0 Å². The molecule has 0 unspecified atom stereocenters. The van der Waals surface area contributed by atoms with E-state index in [4.69, 9.17) is 18.0 Å². The molecule has 2 N–H and O–H groups in total. The van der Waals surface area contributed by atoms with Gasteiger partial charge in [0.15, 0.2) is 0 Å². The van der Waals surface area contributed by atoms with Crippen LogP contribution in [-0.4, -0.2) is 41.4 Å². The summed E-state index contributed by atoms with van der Waals surface area (Å²) in [6.45, 7) is 0.768. The number of hydrogen-bond acceptors (Lipinski definition) is 3. The molecule has 0 heterocycles. The van der Waals surface area contributed by atoms with Crippen LogP contribution in [0.15, 0.2) is 0 Å². The first kappa shape index (κ1) is 11.8. The Kier molecular flexibility index (Phi) is 3.78. The molecule has 0 radical (unpaired) electrons. The van der Waals surface area contributed by atoms with Crippen molar-refractivity contribution < 1.29 is 4.79 Å². The second-order valence-electron chi connectivity index (χ2n) is 3.67. The molecule has 14 heavy (non-hydrogen) atoms. The number of nitrogens with zero attached hydrogens (tertiary/aromatic N) is 1.